The van der Waals surface area contributed by atoms with Crippen LogP contribution < -0.4 is 0 Å². The Labute approximate surface area is 150 Å². The van der Waals surface area contributed by atoms with Crippen LogP contribution in [0.4, 0.5) is 4.39 Å². The van der Waals surface area contributed by atoms with E-state index in [0.717, 1.165) is 6.26 Å². The van der Waals surface area contributed by atoms with Crippen LogP contribution in [0.15, 0.2) is 58.6 Å². The van der Waals surface area contributed by atoms with Crippen molar-refractivity contribution >= 4 is 21.6 Å². The SMILES string of the molecule is CC1ON=C(c2ccccc2F)N(Cc2ccc(S(C)(=O)=O)cc2)C1=O. The second kappa shape index (κ2) is 6.87. The van der Waals surface area contributed by atoms with Gasteiger partial charge in [-0.15, -0.1) is 0 Å². The number of hydrogen-bond acceptors (Lipinski definition) is 5. The van der Waals surface area contributed by atoms with Gasteiger partial charge in [0.25, 0.3) is 5.91 Å². The van der Waals surface area contributed by atoms with Gasteiger partial charge >= 0.3 is 0 Å². The fourth-order valence-corrected chi connectivity index (χ4v) is 3.19. The Morgan fingerprint density at radius 1 is 1.15 bits per heavy atom. The van der Waals surface area contributed by atoms with Crippen molar-refractivity contribution in [3.63, 3.8) is 0 Å². The third-order valence-electron chi connectivity index (χ3n) is 3.97. The van der Waals surface area contributed by atoms with Crippen molar-refractivity contribution < 1.29 is 22.4 Å². The van der Waals surface area contributed by atoms with Gasteiger partial charge in [0.1, 0.15) is 5.82 Å². The molecule has 8 heteroatoms. The molecule has 1 heterocycles. The van der Waals surface area contributed by atoms with Crippen LogP contribution in [0.25, 0.3) is 0 Å². The fraction of sp³-hybridized carbons (Fsp3) is 0.222. The third-order valence-corrected chi connectivity index (χ3v) is 5.10. The molecule has 0 saturated heterocycles. The average molecular weight is 376 g/mol. The Bertz CT molecular complexity index is 971. The van der Waals surface area contributed by atoms with Gasteiger partial charge in [-0.2, -0.15) is 0 Å². The van der Waals surface area contributed by atoms with Crippen LogP contribution in [0.5, 0.6) is 0 Å². The van der Waals surface area contributed by atoms with Crippen molar-refractivity contribution in [3.8, 4) is 0 Å². The highest BCUT2D eigenvalue weighted by molar-refractivity contribution is 7.90. The molecule has 26 heavy (non-hydrogen) atoms. The van der Waals surface area contributed by atoms with Crippen molar-refractivity contribution in [2.75, 3.05) is 6.26 Å². The number of nitrogens with zero attached hydrogens (tertiary/aromatic N) is 2. The monoisotopic (exact) mass is 376 g/mol. The van der Waals surface area contributed by atoms with Crippen LogP contribution in [-0.2, 0) is 26.0 Å². The maximum absolute atomic E-state index is 14.2. The van der Waals surface area contributed by atoms with E-state index in [0.29, 0.717) is 5.56 Å². The van der Waals surface area contributed by atoms with Crippen LogP contribution in [0, 0.1) is 5.82 Å². The van der Waals surface area contributed by atoms with Crippen LogP contribution in [0.3, 0.4) is 0 Å². The number of carbonyl (C=O) groups excluding carboxylic acids is 1. The summed E-state index contributed by atoms with van der Waals surface area (Å²) in [6.07, 6.45) is 0.332. The van der Waals surface area contributed by atoms with Gasteiger partial charge in [-0.25, -0.2) is 12.8 Å². The van der Waals surface area contributed by atoms with E-state index >= 15 is 0 Å². The van der Waals surface area contributed by atoms with Gasteiger partial charge in [0.05, 0.1) is 17.0 Å². The minimum atomic E-state index is -3.31. The van der Waals surface area contributed by atoms with Crippen molar-refractivity contribution in [3.05, 3.63) is 65.5 Å². The Hall–Kier alpha value is -2.74. The fourth-order valence-electron chi connectivity index (χ4n) is 2.56. The highest BCUT2D eigenvalue weighted by Gasteiger charge is 2.33. The van der Waals surface area contributed by atoms with E-state index < -0.39 is 21.8 Å². The molecule has 1 aliphatic rings. The number of oxime groups is 1. The minimum Gasteiger partial charge on any atom is -0.381 e. The van der Waals surface area contributed by atoms with E-state index in [9.17, 15) is 17.6 Å². The first-order chi connectivity index (χ1) is 12.3. The van der Waals surface area contributed by atoms with Gasteiger partial charge in [0.15, 0.2) is 15.7 Å². The molecule has 0 spiro atoms. The summed E-state index contributed by atoms with van der Waals surface area (Å²) in [6, 6.07) is 12.1. The third kappa shape index (κ3) is 3.60. The largest absolute Gasteiger partial charge is 0.381 e. The number of carbonyl (C=O) groups is 1. The van der Waals surface area contributed by atoms with E-state index in [1.54, 1.807) is 31.2 Å². The highest BCUT2D eigenvalue weighted by atomic mass is 32.2. The number of amides is 1. The standard InChI is InChI=1S/C18H17FN2O4S/c1-12-18(22)21(11-13-7-9-14(10-8-13)26(2,23)24)17(20-25-12)15-5-3-4-6-16(15)19/h3-10,12H,11H2,1-2H3. The normalized spacial score (nSPS) is 17.7. The molecule has 1 atom stereocenters. The van der Waals surface area contributed by atoms with Crippen molar-refractivity contribution in [2.45, 2.75) is 24.5 Å². The molecular weight excluding hydrogens is 359 g/mol. The quantitative estimate of drug-likeness (QED) is 0.821. The van der Waals surface area contributed by atoms with Crippen molar-refractivity contribution in [1.29, 1.82) is 0 Å². The Balaban J connectivity index is 1.95. The zero-order valence-electron chi connectivity index (χ0n) is 14.2. The first-order valence-electron chi connectivity index (χ1n) is 7.86. The number of amidine groups is 1. The number of rotatable bonds is 4. The molecular formula is C18H17FN2O4S. The molecule has 0 N–H and O–H groups in total. The molecule has 0 bridgehead atoms. The predicted molar refractivity (Wildman–Crippen MR) is 93.6 cm³/mol. The Kier molecular flexibility index (Phi) is 4.78. The molecule has 136 valence electrons. The van der Waals surface area contributed by atoms with Crippen LogP contribution >= 0.6 is 0 Å². The van der Waals surface area contributed by atoms with Gasteiger partial charge in [0.2, 0.25) is 6.10 Å². The molecule has 0 aliphatic carbocycles. The minimum absolute atomic E-state index is 0.0818. The molecule has 0 radical (unpaired) electrons. The van der Waals surface area contributed by atoms with E-state index in [2.05, 4.69) is 5.16 Å². The van der Waals surface area contributed by atoms with Crippen molar-refractivity contribution in [1.82, 2.24) is 4.90 Å². The first-order valence-corrected chi connectivity index (χ1v) is 9.75. The topological polar surface area (TPSA) is 76.0 Å². The smallest absolute Gasteiger partial charge is 0.272 e. The van der Waals surface area contributed by atoms with Gasteiger partial charge in [-0.05, 0) is 36.8 Å². The molecule has 1 unspecified atom stereocenters. The number of benzene rings is 2. The van der Waals surface area contributed by atoms with Gasteiger partial charge in [0, 0.05) is 6.26 Å². The summed E-state index contributed by atoms with van der Waals surface area (Å²) < 4.78 is 37.3. The van der Waals surface area contributed by atoms with Gasteiger partial charge in [-0.3, -0.25) is 9.69 Å². The highest BCUT2D eigenvalue weighted by Crippen LogP contribution is 2.20. The molecule has 0 saturated carbocycles. The molecule has 6 nitrogen and oxygen atoms in total. The summed E-state index contributed by atoms with van der Waals surface area (Å²) in [5, 5.41) is 3.91. The summed E-state index contributed by atoms with van der Waals surface area (Å²) in [7, 11) is -3.31. The Morgan fingerprint density at radius 3 is 2.42 bits per heavy atom. The molecule has 0 aromatic heterocycles. The molecule has 3 rings (SSSR count). The lowest BCUT2D eigenvalue weighted by molar-refractivity contribution is -0.142. The Morgan fingerprint density at radius 2 is 1.81 bits per heavy atom. The first kappa shape index (κ1) is 18.1. The summed E-state index contributed by atoms with van der Waals surface area (Å²) in [6.45, 7) is 1.67. The lowest BCUT2D eigenvalue weighted by atomic mass is 10.1. The van der Waals surface area contributed by atoms with E-state index in [4.69, 9.17) is 4.84 Å². The van der Waals surface area contributed by atoms with Gasteiger partial charge < -0.3 is 4.84 Å². The van der Waals surface area contributed by atoms with Crippen LogP contribution in [0.1, 0.15) is 18.1 Å². The lowest BCUT2D eigenvalue weighted by Crippen LogP contribution is -2.46. The van der Waals surface area contributed by atoms with E-state index in [1.807, 2.05) is 0 Å². The summed E-state index contributed by atoms with van der Waals surface area (Å²) in [4.78, 5) is 19.2. The summed E-state index contributed by atoms with van der Waals surface area (Å²) in [5.74, 6) is -0.793. The van der Waals surface area contributed by atoms with Gasteiger partial charge in [-0.1, -0.05) is 29.4 Å². The van der Waals surface area contributed by atoms with Crippen LogP contribution in [-0.4, -0.2) is 37.4 Å². The molecule has 2 aromatic carbocycles. The molecule has 0 fully saturated rings. The lowest BCUT2D eigenvalue weighted by Gasteiger charge is -2.30. The predicted octanol–water partition coefficient (Wildman–Crippen LogP) is 2.34. The zero-order valence-corrected chi connectivity index (χ0v) is 15.0. The van der Waals surface area contributed by atoms with Crippen molar-refractivity contribution in [2.24, 2.45) is 5.16 Å². The van der Waals surface area contributed by atoms with E-state index in [1.165, 1.54) is 29.2 Å². The maximum atomic E-state index is 14.2. The molecule has 1 amide bonds. The molecule has 1 aliphatic heterocycles. The van der Waals surface area contributed by atoms with E-state index in [-0.39, 0.29) is 28.7 Å². The summed E-state index contributed by atoms with van der Waals surface area (Å²) >= 11 is 0. The maximum Gasteiger partial charge on any atom is 0.272 e. The van der Waals surface area contributed by atoms with Crippen LogP contribution in [0.2, 0.25) is 0 Å². The second-order valence-corrected chi connectivity index (χ2v) is 8.00. The number of hydrogen-bond donors (Lipinski definition) is 0. The summed E-state index contributed by atoms with van der Waals surface area (Å²) in [5.41, 5.74) is 0.837. The number of halogens is 1. The second-order valence-electron chi connectivity index (χ2n) is 5.98. The zero-order chi connectivity index (χ0) is 18.9. The molecule has 2 aromatic rings. The number of sulfone groups is 1. The average Bonchev–Trinajstić information content (AvgIpc) is 2.60.